The number of amides is 1. The molecule has 0 aliphatic heterocycles. The molecule has 1 amide bonds. The van der Waals surface area contributed by atoms with Crippen molar-refractivity contribution in [1.29, 1.82) is 0 Å². The molecular formula is C12H19NO4. The van der Waals surface area contributed by atoms with Gasteiger partial charge in [0.1, 0.15) is 0 Å². The molecule has 0 saturated heterocycles. The largest absolute Gasteiger partial charge is 0.449 e. The van der Waals surface area contributed by atoms with Crippen LogP contribution in [0.2, 0.25) is 0 Å². The van der Waals surface area contributed by atoms with Gasteiger partial charge in [0.15, 0.2) is 11.9 Å². The highest BCUT2D eigenvalue weighted by molar-refractivity contribution is 5.95. The lowest BCUT2D eigenvalue weighted by Gasteiger charge is -2.22. The van der Waals surface area contributed by atoms with Gasteiger partial charge in [-0.05, 0) is 40.7 Å². The Hall–Kier alpha value is -1.65. The van der Waals surface area contributed by atoms with Crippen molar-refractivity contribution in [2.75, 3.05) is 0 Å². The average molecular weight is 241 g/mol. The van der Waals surface area contributed by atoms with Gasteiger partial charge in [0, 0.05) is 11.6 Å². The van der Waals surface area contributed by atoms with E-state index in [1.54, 1.807) is 0 Å². The molecule has 0 spiro atoms. The second-order valence-electron chi connectivity index (χ2n) is 4.76. The molecule has 0 heterocycles. The summed E-state index contributed by atoms with van der Waals surface area (Å²) in [5.74, 6) is -1.34. The van der Waals surface area contributed by atoms with Gasteiger partial charge in [-0.15, -0.1) is 0 Å². The van der Waals surface area contributed by atoms with Gasteiger partial charge in [-0.2, -0.15) is 0 Å². The van der Waals surface area contributed by atoms with Gasteiger partial charge in [-0.25, -0.2) is 4.79 Å². The first-order valence-electron chi connectivity index (χ1n) is 5.33. The van der Waals surface area contributed by atoms with E-state index >= 15 is 0 Å². The third-order valence-electron chi connectivity index (χ3n) is 1.61. The zero-order valence-corrected chi connectivity index (χ0v) is 10.9. The van der Waals surface area contributed by atoms with Crippen LogP contribution in [0.1, 0.15) is 34.6 Å². The Balaban J connectivity index is 4.26. The predicted octanol–water partition coefficient (Wildman–Crippen LogP) is 0.978. The number of ketones is 1. The quantitative estimate of drug-likeness (QED) is 0.588. The lowest BCUT2D eigenvalue weighted by atomic mass is 10.1. The number of carbonyl (C=O) groups excluding carboxylic acids is 3. The van der Waals surface area contributed by atoms with E-state index in [0.717, 1.165) is 12.2 Å². The summed E-state index contributed by atoms with van der Waals surface area (Å²) in [5.41, 5.74) is -0.382. The fourth-order valence-corrected chi connectivity index (χ4v) is 0.924. The van der Waals surface area contributed by atoms with Crippen molar-refractivity contribution in [3.05, 3.63) is 12.2 Å². The van der Waals surface area contributed by atoms with Crippen molar-refractivity contribution < 1.29 is 19.1 Å². The van der Waals surface area contributed by atoms with Gasteiger partial charge in [0.25, 0.3) is 5.91 Å². The molecule has 0 fully saturated rings. The average Bonchev–Trinajstić information content (AvgIpc) is 2.11. The minimum absolute atomic E-state index is 0.256. The van der Waals surface area contributed by atoms with E-state index in [-0.39, 0.29) is 17.2 Å². The second kappa shape index (κ2) is 6.18. The van der Waals surface area contributed by atoms with E-state index in [9.17, 15) is 14.4 Å². The highest BCUT2D eigenvalue weighted by Gasteiger charge is 2.21. The zero-order valence-electron chi connectivity index (χ0n) is 10.9. The van der Waals surface area contributed by atoms with E-state index < -0.39 is 12.1 Å². The van der Waals surface area contributed by atoms with Gasteiger partial charge >= 0.3 is 5.97 Å². The van der Waals surface area contributed by atoms with Crippen LogP contribution in [0.25, 0.3) is 0 Å². The van der Waals surface area contributed by atoms with Crippen molar-refractivity contribution in [2.24, 2.45) is 0 Å². The summed E-state index contributed by atoms with van der Waals surface area (Å²) in [7, 11) is 0. The Labute approximate surface area is 101 Å². The van der Waals surface area contributed by atoms with Crippen molar-refractivity contribution in [2.45, 2.75) is 46.3 Å². The van der Waals surface area contributed by atoms with Crippen molar-refractivity contribution >= 4 is 17.7 Å². The van der Waals surface area contributed by atoms with Crippen LogP contribution in [0.3, 0.4) is 0 Å². The maximum absolute atomic E-state index is 11.6. The molecule has 0 aromatic heterocycles. The monoisotopic (exact) mass is 241 g/mol. The topological polar surface area (TPSA) is 72.5 Å². The third kappa shape index (κ3) is 8.19. The first-order chi connectivity index (χ1) is 7.61. The van der Waals surface area contributed by atoms with Crippen molar-refractivity contribution in [1.82, 2.24) is 5.32 Å². The number of esters is 1. The summed E-state index contributed by atoms with van der Waals surface area (Å²) in [4.78, 5) is 33.3. The Morgan fingerprint density at radius 2 is 1.71 bits per heavy atom. The number of nitrogens with one attached hydrogen (secondary N) is 1. The summed E-state index contributed by atoms with van der Waals surface area (Å²) in [6.07, 6.45) is 1.21. The molecule has 0 aliphatic carbocycles. The Bertz CT molecular complexity index is 339. The first-order valence-corrected chi connectivity index (χ1v) is 5.33. The van der Waals surface area contributed by atoms with Crippen LogP contribution >= 0.6 is 0 Å². The minimum atomic E-state index is -0.890. The van der Waals surface area contributed by atoms with Crippen LogP contribution in [-0.4, -0.2) is 29.3 Å². The molecule has 5 heteroatoms. The molecule has 1 unspecified atom stereocenters. The predicted molar refractivity (Wildman–Crippen MR) is 63.3 cm³/mol. The van der Waals surface area contributed by atoms with Crippen LogP contribution in [0, 0.1) is 0 Å². The van der Waals surface area contributed by atoms with Crippen molar-refractivity contribution in [3.8, 4) is 0 Å². The number of ether oxygens (including phenoxy) is 1. The van der Waals surface area contributed by atoms with E-state index in [1.165, 1.54) is 13.8 Å². The van der Waals surface area contributed by atoms with E-state index in [4.69, 9.17) is 4.74 Å². The molecule has 1 N–H and O–H groups in total. The fourth-order valence-electron chi connectivity index (χ4n) is 0.924. The van der Waals surface area contributed by atoms with Crippen LogP contribution < -0.4 is 5.32 Å². The molecular weight excluding hydrogens is 222 g/mol. The summed E-state index contributed by atoms with van der Waals surface area (Å²) in [6.45, 7) is 8.28. The standard InChI is InChI=1S/C12H19NO4/c1-8(14)6-7-10(15)17-9(2)11(16)13-12(3,4)5/h6-7,9H,1-5H3,(H,13,16)/b7-6-. The highest BCUT2D eigenvalue weighted by Crippen LogP contribution is 2.01. The first kappa shape index (κ1) is 15.3. The smallest absolute Gasteiger partial charge is 0.331 e. The maximum Gasteiger partial charge on any atom is 0.331 e. The molecule has 1 atom stereocenters. The molecule has 0 saturated carbocycles. The van der Waals surface area contributed by atoms with Gasteiger partial charge in [-0.3, -0.25) is 9.59 Å². The molecule has 0 aliphatic rings. The minimum Gasteiger partial charge on any atom is -0.449 e. The summed E-state index contributed by atoms with van der Waals surface area (Å²) >= 11 is 0. The number of rotatable bonds is 4. The Morgan fingerprint density at radius 1 is 1.18 bits per heavy atom. The van der Waals surface area contributed by atoms with Crippen LogP contribution in [0.4, 0.5) is 0 Å². The lowest BCUT2D eigenvalue weighted by Crippen LogP contribution is -2.46. The molecule has 0 aromatic carbocycles. The normalized spacial score (nSPS) is 13.2. The third-order valence-corrected chi connectivity index (χ3v) is 1.61. The number of hydrogen-bond acceptors (Lipinski definition) is 4. The molecule has 96 valence electrons. The van der Waals surface area contributed by atoms with Gasteiger partial charge in [0.05, 0.1) is 0 Å². The fraction of sp³-hybridized carbons (Fsp3) is 0.583. The summed E-state index contributed by atoms with van der Waals surface area (Å²) < 4.78 is 4.82. The molecule has 5 nitrogen and oxygen atoms in total. The SMILES string of the molecule is CC(=O)/C=C\C(=O)OC(C)C(=O)NC(C)(C)C. The van der Waals surface area contributed by atoms with E-state index in [2.05, 4.69) is 5.32 Å². The van der Waals surface area contributed by atoms with Gasteiger partial charge in [0.2, 0.25) is 0 Å². The summed E-state index contributed by atoms with van der Waals surface area (Å²) in [6, 6.07) is 0. The second-order valence-corrected chi connectivity index (χ2v) is 4.76. The van der Waals surface area contributed by atoms with Gasteiger partial charge < -0.3 is 10.1 Å². The molecule has 17 heavy (non-hydrogen) atoms. The molecule has 0 rings (SSSR count). The number of carbonyl (C=O) groups is 3. The van der Waals surface area contributed by atoms with Crippen LogP contribution in [-0.2, 0) is 19.1 Å². The van der Waals surface area contributed by atoms with E-state index in [0.29, 0.717) is 0 Å². The number of allylic oxidation sites excluding steroid dienone is 1. The van der Waals surface area contributed by atoms with Gasteiger partial charge in [-0.1, -0.05) is 0 Å². The maximum atomic E-state index is 11.6. The number of hydrogen-bond donors (Lipinski definition) is 1. The van der Waals surface area contributed by atoms with Crippen molar-refractivity contribution in [3.63, 3.8) is 0 Å². The molecule has 0 aromatic rings. The molecule has 0 bridgehead atoms. The van der Waals surface area contributed by atoms with Crippen LogP contribution in [0.5, 0.6) is 0 Å². The van der Waals surface area contributed by atoms with Crippen LogP contribution in [0.15, 0.2) is 12.2 Å². The van der Waals surface area contributed by atoms with E-state index in [1.807, 2.05) is 20.8 Å². The molecule has 0 radical (unpaired) electrons. The zero-order chi connectivity index (χ0) is 13.6. The Kier molecular flexibility index (Phi) is 5.58. The summed E-state index contributed by atoms with van der Waals surface area (Å²) in [5, 5.41) is 2.68. The Morgan fingerprint density at radius 3 is 2.12 bits per heavy atom. The lowest BCUT2D eigenvalue weighted by molar-refractivity contribution is -0.150. The highest BCUT2D eigenvalue weighted by atomic mass is 16.5.